The molecule has 0 atom stereocenters. The smallest absolute Gasteiger partial charge is 0.203 e. The van der Waals surface area contributed by atoms with Gasteiger partial charge in [-0.3, -0.25) is 4.79 Å². The molecule has 0 aliphatic carbocycles. The van der Waals surface area contributed by atoms with Gasteiger partial charge in [0, 0.05) is 9.13 Å². The lowest BCUT2D eigenvalue weighted by molar-refractivity contribution is 0.104. The third-order valence-corrected chi connectivity index (χ3v) is 4.97. The van der Waals surface area contributed by atoms with Crippen molar-refractivity contribution in [3.8, 4) is 0 Å². The van der Waals surface area contributed by atoms with Gasteiger partial charge in [0.2, 0.25) is 5.78 Å². The van der Waals surface area contributed by atoms with E-state index in [1.807, 2.05) is 37.3 Å². The Balaban J connectivity index is 2.39. The van der Waals surface area contributed by atoms with Crippen LogP contribution in [0.15, 0.2) is 34.1 Å². The summed E-state index contributed by atoms with van der Waals surface area (Å²) in [6, 6.07) is 9.58. The minimum atomic E-state index is 0.0947. The first-order chi connectivity index (χ1) is 7.58. The molecule has 1 aromatic carbocycles. The van der Waals surface area contributed by atoms with Crippen LogP contribution in [0.25, 0.3) is 0 Å². The van der Waals surface area contributed by atoms with E-state index in [-0.39, 0.29) is 5.78 Å². The third-order valence-electron chi connectivity index (χ3n) is 2.17. The second-order valence-corrected chi connectivity index (χ2v) is 7.02. The van der Waals surface area contributed by atoms with Crippen molar-refractivity contribution in [2.45, 2.75) is 6.92 Å². The van der Waals surface area contributed by atoms with Crippen LogP contribution < -0.4 is 0 Å². The average Bonchev–Trinajstić information content (AvgIpc) is 2.58. The fourth-order valence-corrected chi connectivity index (χ4v) is 3.38. The molecule has 0 bridgehead atoms. The molecule has 0 spiro atoms. The van der Waals surface area contributed by atoms with Crippen LogP contribution >= 0.6 is 49.9 Å². The lowest BCUT2D eigenvalue weighted by atomic mass is 10.1. The van der Waals surface area contributed by atoms with Gasteiger partial charge in [0.25, 0.3) is 0 Å². The summed E-state index contributed by atoms with van der Waals surface area (Å²) in [6.07, 6.45) is 0. The molecule has 0 amide bonds. The maximum absolute atomic E-state index is 12.2. The SMILES string of the molecule is Cc1cc(C(=O)c2cccc(I)c2)sc1Br. The standard InChI is InChI=1S/C12H8BrIOS/c1-7-5-10(16-12(7)13)11(15)8-3-2-4-9(14)6-8/h2-6H,1H3. The lowest BCUT2D eigenvalue weighted by Gasteiger charge is -1.98. The van der Waals surface area contributed by atoms with E-state index in [1.54, 1.807) is 0 Å². The molecule has 0 saturated carbocycles. The Morgan fingerprint density at radius 2 is 2.12 bits per heavy atom. The number of aryl methyl sites for hydroxylation is 1. The van der Waals surface area contributed by atoms with E-state index < -0.39 is 0 Å². The molecule has 2 aromatic rings. The maximum atomic E-state index is 12.2. The number of rotatable bonds is 2. The first-order valence-corrected chi connectivity index (χ1v) is 7.33. The zero-order chi connectivity index (χ0) is 11.7. The number of benzene rings is 1. The van der Waals surface area contributed by atoms with Gasteiger partial charge in [-0.1, -0.05) is 12.1 Å². The summed E-state index contributed by atoms with van der Waals surface area (Å²) in [5, 5.41) is 0. The Morgan fingerprint density at radius 1 is 1.38 bits per heavy atom. The summed E-state index contributed by atoms with van der Waals surface area (Å²) in [7, 11) is 0. The van der Waals surface area contributed by atoms with Gasteiger partial charge in [0.05, 0.1) is 8.66 Å². The van der Waals surface area contributed by atoms with E-state index in [9.17, 15) is 4.79 Å². The van der Waals surface area contributed by atoms with Gasteiger partial charge in [-0.05, 0) is 69.2 Å². The summed E-state index contributed by atoms with van der Waals surface area (Å²) < 4.78 is 2.11. The number of thiophene rings is 1. The van der Waals surface area contributed by atoms with Crippen LogP contribution in [0.5, 0.6) is 0 Å². The van der Waals surface area contributed by atoms with Crippen molar-refractivity contribution in [3.63, 3.8) is 0 Å². The van der Waals surface area contributed by atoms with Crippen molar-refractivity contribution in [1.29, 1.82) is 0 Å². The Hall–Kier alpha value is -0.200. The molecule has 82 valence electrons. The van der Waals surface area contributed by atoms with Crippen LogP contribution in [-0.2, 0) is 0 Å². The van der Waals surface area contributed by atoms with E-state index in [0.29, 0.717) is 0 Å². The highest BCUT2D eigenvalue weighted by Crippen LogP contribution is 2.29. The average molecular weight is 407 g/mol. The quantitative estimate of drug-likeness (QED) is 0.523. The Labute approximate surface area is 120 Å². The van der Waals surface area contributed by atoms with Crippen molar-refractivity contribution in [2.24, 2.45) is 0 Å². The second kappa shape index (κ2) is 4.98. The van der Waals surface area contributed by atoms with Gasteiger partial charge < -0.3 is 0 Å². The molecule has 0 fully saturated rings. The van der Waals surface area contributed by atoms with Crippen molar-refractivity contribution in [2.75, 3.05) is 0 Å². The zero-order valence-electron chi connectivity index (χ0n) is 8.46. The fraction of sp³-hybridized carbons (Fsp3) is 0.0833. The van der Waals surface area contributed by atoms with Gasteiger partial charge in [0.15, 0.2) is 0 Å². The van der Waals surface area contributed by atoms with Crippen LogP contribution in [0, 0.1) is 10.5 Å². The molecule has 1 aromatic heterocycles. The Morgan fingerprint density at radius 3 is 2.69 bits per heavy atom. The van der Waals surface area contributed by atoms with E-state index in [1.165, 1.54) is 11.3 Å². The van der Waals surface area contributed by atoms with Crippen LogP contribution in [0.2, 0.25) is 0 Å². The predicted molar refractivity (Wildman–Crippen MR) is 79.3 cm³/mol. The van der Waals surface area contributed by atoms with Gasteiger partial charge in [0.1, 0.15) is 0 Å². The minimum Gasteiger partial charge on any atom is -0.288 e. The number of ketones is 1. The topological polar surface area (TPSA) is 17.1 Å². The highest BCUT2D eigenvalue weighted by Gasteiger charge is 2.13. The Kier molecular flexibility index (Phi) is 3.81. The summed E-state index contributed by atoms with van der Waals surface area (Å²) >= 11 is 7.14. The predicted octanol–water partition coefficient (Wildman–Crippen LogP) is 4.65. The molecule has 2 rings (SSSR count). The van der Waals surface area contributed by atoms with Gasteiger partial charge in [-0.15, -0.1) is 11.3 Å². The van der Waals surface area contributed by atoms with Crippen LogP contribution in [0.1, 0.15) is 20.8 Å². The molecule has 0 aliphatic heterocycles. The Bertz CT molecular complexity index is 528. The number of carbonyl (C=O) groups is 1. The summed E-state index contributed by atoms with van der Waals surface area (Å²) in [6.45, 7) is 1.99. The molecule has 4 heteroatoms. The normalized spacial score (nSPS) is 10.4. The molecule has 0 saturated heterocycles. The molecule has 0 unspecified atom stereocenters. The number of carbonyl (C=O) groups excluding carboxylic acids is 1. The first kappa shape index (κ1) is 12.3. The van der Waals surface area contributed by atoms with Crippen molar-refractivity contribution in [3.05, 3.63) is 53.7 Å². The number of hydrogen-bond acceptors (Lipinski definition) is 2. The van der Waals surface area contributed by atoms with E-state index in [2.05, 4.69) is 38.5 Å². The molecule has 0 N–H and O–H groups in total. The van der Waals surface area contributed by atoms with Crippen molar-refractivity contribution in [1.82, 2.24) is 0 Å². The number of hydrogen-bond donors (Lipinski definition) is 0. The zero-order valence-corrected chi connectivity index (χ0v) is 13.0. The molecular weight excluding hydrogens is 399 g/mol. The summed E-state index contributed by atoms with van der Waals surface area (Å²) in [5.74, 6) is 0.0947. The van der Waals surface area contributed by atoms with E-state index in [4.69, 9.17) is 0 Å². The molecular formula is C12H8BrIOS. The van der Waals surface area contributed by atoms with Gasteiger partial charge in [-0.25, -0.2) is 0 Å². The largest absolute Gasteiger partial charge is 0.288 e. The van der Waals surface area contributed by atoms with Crippen LogP contribution in [-0.4, -0.2) is 5.78 Å². The van der Waals surface area contributed by atoms with Crippen LogP contribution in [0.4, 0.5) is 0 Å². The highest BCUT2D eigenvalue weighted by molar-refractivity contribution is 14.1. The van der Waals surface area contributed by atoms with E-state index in [0.717, 1.165) is 23.4 Å². The van der Waals surface area contributed by atoms with Gasteiger partial charge >= 0.3 is 0 Å². The van der Waals surface area contributed by atoms with Crippen LogP contribution in [0.3, 0.4) is 0 Å². The lowest BCUT2D eigenvalue weighted by Crippen LogP contribution is -1.98. The van der Waals surface area contributed by atoms with Crippen molar-refractivity contribution >= 4 is 55.6 Å². The summed E-state index contributed by atoms with van der Waals surface area (Å²) in [5.41, 5.74) is 1.86. The minimum absolute atomic E-state index is 0.0947. The molecule has 0 radical (unpaired) electrons. The number of halogens is 2. The molecule has 1 heterocycles. The molecule has 0 aliphatic rings. The van der Waals surface area contributed by atoms with Crippen molar-refractivity contribution < 1.29 is 4.79 Å². The second-order valence-electron chi connectivity index (χ2n) is 3.41. The maximum Gasteiger partial charge on any atom is 0.203 e. The fourth-order valence-electron chi connectivity index (χ4n) is 1.34. The van der Waals surface area contributed by atoms with E-state index >= 15 is 0 Å². The van der Waals surface area contributed by atoms with Gasteiger partial charge in [-0.2, -0.15) is 0 Å². The molecule has 16 heavy (non-hydrogen) atoms. The highest BCUT2D eigenvalue weighted by atomic mass is 127. The molecule has 1 nitrogen and oxygen atoms in total. The first-order valence-electron chi connectivity index (χ1n) is 4.64. The monoisotopic (exact) mass is 406 g/mol. The third kappa shape index (κ3) is 2.55. The summed E-state index contributed by atoms with van der Waals surface area (Å²) in [4.78, 5) is 12.9.